The Balaban J connectivity index is 1.66. The SMILES string of the molecule is CCc1nc(-c2ccc(C(=O)N(C)CC(O)C3CC3)cc2)n[nH]1. The Bertz CT molecular complexity index is 676. The van der Waals surface area contributed by atoms with Crippen LogP contribution in [-0.2, 0) is 6.42 Å². The molecule has 1 aliphatic rings. The van der Waals surface area contributed by atoms with Gasteiger partial charge in [-0.25, -0.2) is 4.98 Å². The number of benzene rings is 1. The number of aromatic amines is 1. The average molecular weight is 314 g/mol. The van der Waals surface area contributed by atoms with Gasteiger partial charge in [0.25, 0.3) is 5.91 Å². The molecule has 2 N–H and O–H groups in total. The van der Waals surface area contributed by atoms with Crippen LogP contribution in [-0.4, -0.2) is 50.8 Å². The van der Waals surface area contributed by atoms with Gasteiger partial charge >= 0.3 is 0 Å². The molecule has 1 aromatic heterocycles. The number of amides is 1. The maximum Gasteiger partial charge on any atom is 0.253 e. The molecule has 122 valence electrons. The van der Waals surface area contributed by atoms with Crippen LogP contribution in [0.4, 0.5) is 0 Å². The molecule has 3 rings (SSSR count). The van der Waals surface area contributed by atoms with Gasteiger partial charge in [0.05, 0.1) is 6.10 Å². The van der Waals surface area contributed by atoms with Crippen LogP contribution in [0.5, 0.6) is 0 Å². The first-order valence-electron chi connectivity index (χ1n) is 8.03. The highest BCUT2D eigenvalue weighted by Crippen LogP contribution is 2.32. The first-order valence-corrected chi connectivity index (χ1v) is 8.03. The van der Waals surface area contributed by atoms with Gasteiger partial charge in [0.15, 0.2) is 5.82 Å². The first kappa shape index (κ1) is 15.7. The molecule has 1 aromatic carbocycles. The molecule has 1 aliphatic carbocycles. The van der Waals surface area contributed by atoms with Crippen molar-refractivity contribution in [3.63, 3.8) is 0 Å². The second-order valence-corrected chi connectivity index (χ2v) is 6.13. The fraction of sp³-hybridized carbons (Fsp3) is 0.471. The molecule has 1 unspecified atom stereocenters. The van der Waals surface area contributed by atoms with Crippen molar-refractivity contribution in [2.24, 2.45) is 5.92 Å². The van der Waals surface area contributed by atoms with E-state index in [1.165, 1.54) is 0 Å². The number of carbonyl (C=O) groups excluding carboxylic acids is 1. The van der Waals surface area contributed by atoms with Crippen LogP contribution in [0, 0.1) is 5.92 Å². The van der Waals surface area contributed by atoms with E-state index in [0.29, 0.717) is 23.9 Å². The van der Waals surface area contributed by atoms with Gasteiger partial charge in [0, 0.05) is 31.1 Å². The van der Waals surface area contributed by atoms with E-state index in [-0.39, 0.29) is 5.91 Å². The molecule has 1 fully saturated rings. The van der Waals surface area contributed by atoms with E-state index in [2.05, 4.69) is 15.2 Å². The molecule has 1 atom stereocenters. The summed E-state index contributed by atoms with van der Waals surface area (Å²) < 4.78 is 0. The van der Waals surface area contributed by atoms with Crippen molar-refractivity contribution in [3.05, 3.63) is 35.7 Å². The van der Waals surface area contributed by atoms with Crippen molar-refractivity contribution in [2.45, 2.75) is 32.3 Å². The number of nitrogens with zero attached hydrogens (tertiary/aromatic N) is 3. The number of aromatic nitrogens is 3. The van der Waals surface area contributed by atoms with Crippen LogP contribution >= 0.6 is 0 Å². The monoisotopic (exact) mass is 314 g/mol. The largest absolute Gasteiger partial charge is 0.391 e. The van der Waals surface area contributed by atoms with Crippen LogP contribution in [0.15, 0.2) is 24.3 Å². The standard InChI is InChI=1S/C17H22N4O2/c1-3-15-18-16(20-19-15)12-6-8-13(9-7-12)17(23)21(2)10-14(22)11-4-5-11/h6-9,11,14,22H,3-5,10H2,1-2H3,(H,18,19,20). The molecule has 0 radical (unpaired) electrons. The third kappa shape index (κ3) is 3.59. The zero-order chi connectivity index (χ0) is 16.4. The third-order valence-corrected chi connectivity index (χ3v) is 4.23. The van der Waals surface area contributed by atoms with Crippen molar-refractivity contribution < 1.29 is 9.90 Å². The zero-order valence-electron chi connectivity index (χ0n) is 13.5. The van der Waals surface area contributed by atoms with E-state index >= 15 is 0 Å². The highest BCUT2D eigenvalue weighted by Gasteiger charge is 2.31. The molecule has 0 spiro atoms. The van der Waals surface area contributed by atoms with Crippen LogP contribution in [0.25, 0.3) is 11.4 Å². The van der Waals surface area contributed by atoms with Crippen LogP contribution < -0.4 is 0 Å². The Morgan fingerprint density at radius 2 is 2.09 bits per heavy atom. The van der Waals surface area contributed by atoms with E-state index in [0.717, 1.165) is 30.7 Å². The number of nitrogens with one attached hydrogen (secondary N) is 1. The Kier molecular flexibility index (Phi) is 4.43. The molecule has 23 heavy (non-hydrogen) atoms. The predicted molar refractivity (Wildman–Crippen MR) is 86.9 cm³/mol. The highest BCUT2D eigenvalue weighted by molar-refractivity contribution is 5.94. The third-order valence-electron chi connectivity index (χ3n) is 4.23. The molecule has 6 nitrogen and oxygen atoms in total. The normalized spacial score (nSPS) is 15.4. The minimum Gasteiger partial charge on any atom is -0.391 e. The number of carbonyl (C=O) groups is 1. The summed E-state index contributed by atoms with van der Waals surface area (Å²) in [5.74, 6) is 1.76. The van der Waals surface area contributed by atoms with Crippen molar-refractivity contribution in [1.29, 1.82) is 0 Å². The molecule has 0 bridgehead atoms. The number of likely N-dealkylation sites (N-methyl/N-ethyl adjacent to an activating group) is 1. The summed E-state index contributed by atoms with van der Waals surface area (Å²) >= 11 is 0. The highest BCUT2D eigenvalue weighted by atomic mass is 16.3. The smallest absolute Gasteiger partial charge is 0.253 e. The maximum absolute atomic E-state index is 12.4. The zero-order valence-corrected chi connectivity index (χ0v) is 13.5. The van der Waals surface area contributed by atoms with Crippen molar-refractivity contribution >= 4 is 5.91 Å². The minimum atomic E-state index is -0.413. The number of hydrogen-bond donors (Lipinski definition) is 2. The van der Waals surface area contributed by atoms with E-state index in [1.807, 2.05) is 19.1 Å². The first-order chi connectivity index (χ1) is 11.1. The predicted octanol–water partition coefficient (Wildman–Crippen LogP) is 1.88. The second-order valence-electron chi connectivity index (χ2n) is 6.13. The number of aliphatic hydroxyl groups is 1. The Hall–Kier alpha value is -2.21. The lowest BCUT2D eigenvalue weighted by molar-refractivity contribution is 0.0645. The summed E-state index contributed by atoms with van der Waals surface area (Å²) in [5.41, 5.74) is 1.48. The van der Waals surface area contributed by atoms with Crippen molar-refractivity contribution in [1.82, 2.24) is 20.1 Å². The quantitative estimate of drug-likeness (QED) is 0.853. The second kappa shape index (κ2) is 6.50. The summed E-state index contributed by atoms with van der Waals surface area (Å²) in [5, 5.41) is 17.0. The maximum atomic E-state index is 12.4. The van der Waals surface area contributed by atoms with E-state index in [4.69, 9.17) is 0 Å². The topological polar surface area (TPSA) is 82.1 Å². The van der Waals surface area contributed by atoms with Crippen molar-refractivity contribution in [3.8, 4) is 11.4 Å². The lowest BCUT2D eigenvalue weighted by Gasteiger charge is -2.20. The van der Waals surface area contributed by atoms with E-state index in [1.54, 1.807) is 24.1 Å². The molecule has 6 heteroatoms. The summed E-state index contributed by atoms with van der Waals surface area (Å²) in [6.45, 7) is 2.39. The van der Waals surface area contributed by atoms with Crippen molar-refractivity contribution in [2.75, 3.05) is 13.6 Å². The Morgan fingerprint density at radius 3 is 2.65 bits per heavy atom. The number of H-pyrrole nitrogens is 1. The van der Waals surface area contributed by atoms with E-state index in [9.17, 15) is 9.90 Å². The van der Waals surface area contributed by atoms with Crippen LogP contribution in [0.3, 0.4) is 0 Å². The van der Waals surface area contributed by atoms with Gasteiger partial charge < -0.3 is 10.0 Å². The molecule has 0 saturated heterocycles. The number of rotatable bonds is 6. The molecular weight excluding hydrogens is 292 g/mol. The molecule has 1 saturated carbocycles. The van der Waals surface area contributed by atoms with Gasteiger partial charge in [-0.15, -0.1) is 0 Å². The van der Waals surface area contributed by atoms with E-state index < -0.39 is 6.10 Å². The van der Waals surface area contributed by atoms with Crippen LogP contribution in [0.1, 0.15) is 35.9 Å². The van der Waals surface area contributed by atoms with Crippen LogP contribution in [0.2, 0.25) is 0 Å². The summed E-state index contributed by atoms with van der Waals surface area (Å²) in [6, 6.07) is 7.25. The Labute approximate surface area is 135 Å². The fourth-order valence-electron chi connectivity index (χ4n) is 2.56. The van der Waals surface area contributed by atoms with Gasteiger partial charge in [-0.1, -0.05) is 19.1 Å². The summed E-state index contributed by atoms with van der Waals surface area (Å²) in [7, 11) is 1.73. The molecule has 1 amide bonds. The van der Waals surface area contributed by atoms with Gasteiger partial charge in [-0.3, -0.25) is 9.89 Å². The number of hydrogen-bond acceptors (Lipinski definition) is 4. The lowest BCUT2D eigenvalue weighted by Crippen LogP contribution is -2.35. The average Bonchev–Trinajstić information content (AvgIpc) is 3.32. The lowest BCUT2D eigenvalue weighted by atomic mass is 10.1. The fourth-order valence-corrected chi connectivity index (χ4v) is 2.56. The molecule has 1 heterocycles. The summed E-state index contributed by atoms with van der Waals surface area (Å²) in [6.07, 6.45) is 2.52. The van der Waals surface area contributed by atoms with Gasteiger partial charge in [0.1, 0.15) is 5.82 Å². The summed E-state index contributed by atoms with van der Waals surface area (Å²) in [4.78, 5) is 18.4. The Morgan fingerprint density at radius 1 is 1.39 bits per heavy atom. The molecule has 2 aromatic rings. The molecule has 0 aliphatic heterocycles. The van der Waals surface area contributed by atoms with Gasteiger partial charge in [-0.2, -0.15) is 5.10 Å². The van der Waals surface area contributed by atoms with Gasteiger partial charge in [-0.05, 0) is 30.9 Å². The molecular formula is C17H22N4O2. The number of aryl methyl sites for hydroxylation is 1. The van der Waals surface area contributed by atoms with Gasteiger partial charge in [0.2, 0.25) is 0 Å². The number of aliphatic hydroxyl groups excluding tert-OH is 1. The minimum absolute atomic E-state index is 0.0829.